The van der Waals surface area contributed by atoms with E-state index in [0.29, 0.717) is 0 Å². The Bertz CT molecular complexity index is 511. The van der Waals surface area contributed by atoms with E-state index >= 15 is 0 Å². The van der Waals surface area contributed by atoms with Gasteiger partial charge in [-0.05, 0) is 24.6 Å². The zero-order chi connectivity index (χ0) is 14.2. The van der Waals surface area contributed by atoms with Crippen molar-refractivity contribution in [2.24, 2.45) is 0 Å². The van der Waals surface area contributed by atoms with Crippen LogP contribution in [0.4, 0.5) is 5.82 Å². The average Bonchev–Trinajstić information content (AvgIpc) is 2.49. The normalized spacial score (nSPS) is 10.5. The van der Waals surface area contributed by atoms with Crippen LogP contribution in [-0.2, 0) is 13.1 Å². The molecular weight excluding hydrogens is 246 g/mol. The van der Waals surface area contributed by atoms with Crippen molar-refractivity contribution in [3.05, 3.63) is 59.8 Å². The molecule has 0 unspecified atom stereocenters. The summed E-state index contributed by atoms with van der Waals surface area (Å²) in [5.41, 5.74) is 2.55. The highest BCUT2D eigenvalue weighted by Crippen LogP contribution is 2.17. The average molecular weight is 269 g/mol. The molecule has 0 fully saturated rings. The van der Waals surface area contributed by atoms with E-state index in [4.69, 9.17) is 0 Å². The fourth-order valence-corrected chi connectivity index (χ4v) is 2.24. The van der Waals surface area contributed by atoms with Gasteiger partial charge < -0.3 is 10.2 Å². The van der Waals surface area contributed by atoms with Gasteiger partial charge in [-0.15, -0.1) is 0 Å². The minimum absolute atomic E-state index is 0.871. The summed E-state index contributed by atoms with van der Waals surface area (Å²) in [4.78, 5) is 6.75. The van der Waals surface area contributed by atoms with Crippen LogP contribution in [0.3, 0.4) is 0 Å². The number of rotatable bonds is 7. The zero-order valence-corrected chi connectivity index (χ0v) is 12.3. The minimum Gasteiger partial charge on any atom is -0.355 e. The van der Waals surface area contributed by atoms with Gasteiger partial charge in [0, 0.05) is 31.9 Å². The maximum atomic E-state index is 4.54. The number of anilines is 1. The molecule has 2 rings (SSSR count). The molecule has 3 heteroatoms. The molecule has 0 saturated heterocycles. The van der Waals surface area contributed by atoms with Gasteiger partial charge in [-0.1, -0.05) is 43.3 Å². The lowest BCUT2D eigenvalue weighted by molar-refractivity contribution is 0.671. The van der Waals surface area contributed by atoms with E-state index in [2.05, 4.69) is 59.5 Å². The zero-order valence-electron chi connectivity index (χ0n) is 12.3. The van der Waals surface area contributed by atoms with E-state index in [1.165, 1.54) is 11.1 Å². The van der Waals surface area contributed by atoms with Gasteiger partial charge in [0.1, 0.15) is 5.82 Å². The van der Waals surface area contributed by atoms with Crippen LogP contribution in [0.5, 0.6) is 0 Å². The summed E-state index contributed by atoms with van der Waals surface area (Å²) in [7, 11) is 2.10. The first-order chi connectivity index (χ1) is 9.81. The van der Waals surface area contributed by atoms with Gasteiger partial charge in [0.2, 0.25) is 0 Å². The summed E-state index contributed by atoms with van der Waals surface area (Å²) in [6.45, 7) is 4.96. The highest BCUT2D eigenvalue weighted by Gasteiger charge is 2.08. The van der Waals surface area contributed by atoms with E-state index < -0.39 is 0 Å². The molecule has 1 heterocycles. The van der Waals surface area contributed by atoms with Gasteiger partial charge in [-0.25, -0.2) is 4.98 Å². The fourth-order valence-electron chi connectivity index (χ4n) is 2.24. The van der Waals surface area contributed by atoms with Gasteiger partial charge in [0.15, 0.2) is 0 Å². The van der Waals surface area contributed by atoms with Crippen LogP contribution in [0.25, 0.3) is 0 Å². The maximum absolute atomic E-state index is 4.54. The quantitative estimate of drug-likeness (QED) is 0.782. The van der Waals surface area contributed by atoms with Crippen molar-refractivity contribution in [1.29, 1.82) is 0 Å². The maximum Gasteiger partial charge on any atom is 0.133 e. The lowest BCUT2D eigenvalue weighted by Crippen LogP contribution is -2.22. The van der Waals surface area contributed by atoms with E-state index in [9.17, 15) is 0 Å². The second-order valence-electron chi connectivity index (χ2n) is 5.00. The van der Waals surface area contributed by atoms with Gasteiger partial charge in [-0.2, -0.15) is 0 Å². The third kappa shape index (κ3) is 4.07. The summed E-state index contributed by atoms with van der Waals surface area (Å²) in [6, 6.07) is 14.6. The Morgan fingerprint density at radius 3 is 2.65 bits per heavy atom. The first-order valence-electron chi connectivity index (χ1n) is 7.21. The molecule has 1 aromatic carbocycles. The predicted molar refractivity (Wildman–Crippen MR) is 84.8 cm³/mol. The molecule has 0 saturated carbocycles. The molecule has 0 radical (unpaired) electrons. The molecule has 0 amide bonds. The first-order valence-corrected chi connectivity index (χ1v) is 7.21. The first kappa shape index (κ1) is 14.5. The van der Waals surface area contributed by atoms with E-state index in [0.717, 1.165) is 31.9 Å². The molecule has 1 N–H and O–H groups in total. The summed E-state index contributed by atoms with van der Waals surface area (Å²) < 4.78 is 0. The minimum atomic E-state index is 0.871. The van der Waals surface area contributed by atoms with Gasteiger partial charge in [-0.3, -0.25) is 0 Å². The number of aromatic nitrogens is 1. The van der Waals surface area contributed by atoms with Crippen LogP contribution >= 0.6 is 0 Å². The topological polar surface area (TPSA) is 28.2 Å². The number of pyridine rings is 1. The Hall–Kier alpha value is -1.87. The van der Waals surface area contributed by atoms with Crippen molar-refractivity contribution in [2.45, 2.75) is 26.4 Å². The molecule has 1 aromatic heterocycles. The van der Waals surface area contributed by atoms with Gasteiger partial charge >= 0.3 is 0 Å². The molecule has 20 heavy (non-hydrogen) atoms. The highest BCUT2D eigenvalue weighted by molar-refractivity contribution is 5.46. The van der Waals surface area contributed by atoms with Crippen LogP contribution < -0.4 is 10.2 Å². The standard InChI is InChI=1S/C17H23N3/c1-3-11-18-13-16-10-7-12-19-17(16)20(2)14-15-8-5-4-6-9-15/h4-10,12,18H,3,11,13-14H2,1-2H3. The Balaban J connectivity index is 2.07. The summed E-state index contributed by atoms with van der Waals surface area (Å²) in [5.74, 6) is 1.06. The number of benzene rings is 1. The third-order valence-electron chi connectivity index (χ3n) is 3.23. The monoisotopic (exact) mass is 269 g/mol. The number of nitrogens with zero attached hydrogens (tertiary/aromatic N) is 2. The summed E-state index contributed by atoms with van der Waals surface area (Å²) in [5, 5.41) is 3.44. The van der Waals surface area contributed by atoms with E-state index in [1.54, 1.807) is 0 Å². The molecule has 0 spiro atoms. The van der Waals surface area contributed by atoms with E-state index in [-0.39, 0.29) is 0 Å². The summed E-state index contributed by atoms with van der Waals surface area (Å²) >= 11 is 0. The summed E-state index contributed by atoms with van der Waals surface area (Å²) in [6.07, 6.45) is 3.01. The van der Waals surface area contributed by atoms with Crippen molar-refractivity contribution < 1.29 is 0 Å². The molecule has 0 aliphatic heterocycles. The Labute approximate surface area is 121 Å². The lowest BCUT2D eigenvalue weighted by Gasteiger charge is -2.21. The van der Waals surface area contributed by atoms with Gasteiger partial charge in [0.25, 0.3) is 0 Å². The van der Waals surface area contributed by atoms with Crippen LogP contribution in [-0.4, -0.2) is 18.6 Å². The van der Waals surface area contributed by atoms with Crippen molar-refractivity contribution >= 4 is 5.82 Å². The smallest absolute Gasteiger partial charge is 0.133 e. The van der Waals surface area contributed by atoms with Gasteiger partial charge in [0.05, 0.1) is 0 Å². The van der Waals surface area contributed by atoms with Crippen molar-refractivity contribution in [2.75, 3.05) is 18.5 Å². The number of hydrogen-bond donors (Lipinski definition) is 1. The van der Waals surface area contributed by atoms with Crippen LogP contribution in [0.1, 0.15) is 24.5 Å². The Kier molecular flexibility index (Phi) is 5.56. The van der Waals surface area contributed by atoms with Crippen molar-refractivity contribution in [1.82, 2.24) is 10.3 Å². The fraction of sp³-hybridized carbons (Fsp3) is 0.353. The SMILES string of the molecule is CCCNCc1cccnc1N(C)Cc1ccccc1. The third-order valence-corrected chi connectivity index (χ3v) is 3.23. The highest BCUT2D eigenvalue weighted by atomic mass is 15.2. The van der Waals surface area contributed by atoms with Crippen LogP contribution in [0.15, 0.2) is 48.7 Å². The Morgan fingerprint density at radius 2 is 1.90 bits per heavy atom. The van der Waals surface area contributed by atoms with Crippen molar-refractivity contribution in [3.8, 4) is 0 Å². The molecule has 3 nitrogen and oxygen atoms in total. The molecular formula is C17H23N3. The largest absolute Gasteiger partial charge is 0.355 e. The second-order valence-corrected chi connectivity index (χ2v) is 5.00. The molecule has 0 atom stereocenters. The van der Waals surface area contributed by atoms with Crippen molar-refractivity contribution in [3.63, 3.8) is 0 Å². The van der Waals surface area contributed by atoms with Crippen LogP contribution in [0.2, 0.25) is 0 Å². The number of nitrogens with one attached hydrogen (secondary N) is 1. The molecule has 2 aromatic rings. The second kappa shape index (κ2) is 7.65. The molecule has 0 bridgehead atoms. The Morgan fingerprint density at radius 1 is 1.10 bits per heavy atom. The molecule has 0 aliphatic carbocycles. The predicted octanol–water partition coefficient (Wildman–Crippen LogP) is 3.22. The van der Waals surface area contributed by atoms with Crippen LogP contribution in [0, 0.1) is 0 Å². The van der Waals surface area contributed by atoms with E-state index in [1.807, 2.05) is 18.3 Å². The lowest BCUT2D eigenvalue weighted by atomic mass is 10.2. The molecule has 0 aliphatic rings. The number of hydrogen-bond acceptors (Lipinski definition) is 3. The molecule has 106 valence electrons.